The van der Waals surface area contributed by atoms with Gasteiger partial charge in [0.2, 0.25) is 0 Å². The average Bonchev–Trinajstić information content (AvgIpc) is 2.46. The van der Waals surface area contributed by atoms with Crippen molar-refractivity contribution in [3.63, 3.8) is 0 Å². The van der Waals surface area contributed by atoms with Gasteiger partial charge in [0.15, 0.2) is 5.78 Å². The van der Waals surface area contributed by atoms with E-state index in [1.54, 1.807) is 6.07 Å². The lowest BCUT2D eigenvalue weighted by Crippen LogP contribution is -2.10. The van der Waals surface area contributed by atoms with E-state index < -0.39 is 17.7 Å². The van der Waals surface area contributed by atoms with Crippen LogP contribution in [0.25, 0.3) is 0 Å². The predicted molar refractivity (Wildman–Crippen MR) is 75.2 cm³/mol. The Labute approximate surface area is 124 Å². The zero-order chi connectivity index (χ0) is 15.6. The van der Waals surface area contributed by atoms with Gasteiger partial charge in [0.25, 0.3) is 0 Å². The molecule has 0 unspecified atom stereocenters. The van der Waals surface area contributed by atoms with E-state index in [1.807, 2.05) is 0 Å². The van der Waals surface area contributed by atoms with Crippen LogP contribution >= 0.6 is 11.6 Å². The molecule has 0 spiro atoms. The van der Waals surface area contributed by atoms with Crippen LogP contribution < -0.4 is 0 Å². The smallest absolute Gasteiger partial charge is 0.336 e. The summed E-state index contributed by atoms with van der Waals surface area (Å²) in [6, 6.07) is 9.41. The number of hydrogen-bond acceptors (Lipinski definition) is 3. The summed E-state index contributed by atoms with van der Waals surface area (Å²) in [6.45, 7) is 0. The van der Waals surface area contributed by atoms with E-state index in [0.717, 1.165) is 6.07 Å². The normalized spacial score (nSPS) is 10.1. The Balaban J connectivity index is 2.51. The molecular weight excluding hydrogens is 296 g/mol. The second kappa shape index (κ2) is 5.76. The van der Waals surface area contributed by atoms with Crippen LogP contribution in [-0.2, 0) is 0 Å². The fourth-order valence-corrected chi connectivity index (χ4v) is 2.11. The number of benzene rings is 2. The lowest BCUT2D eigenvalue weighted by molar-refractivity contribution is 0.0685. The van der Waals surface area contributed by atoms with E-state index in [1.165, 1.54) is 30.3 Å². The summed E-state index contributed by atoms with van der Waals surface area (Å²) in [5.41, 5.74) is -0.144. The number of rotatable bonds is 4. The van der Waals surface area contributed by atoms with Crippen molar-refractivity contribution in [3.8, 4) is 0 Å². The first-order chi connectivity index (χ1) is 9.91. The number of carbonyl (C=O) groups is 3. The average molecular weight is 305 g/mol. The summed E-state index contributed by atoms with van der Waals surface area (Å²) in [6.07, 6.45) is 0. The van der Waals surface area contributed by atoms with Crippen LogP contribution in [0.2, 0.25) is 5.02 Å². The zero-order valence-corrected chi connectivity index (χ0v) is 11.3. The summed E-state index contributed by atoms with van der Waals surface area (Å²) in [5, 5.41) is 17.9. The minimum atomic E-state index is -1.22. The van der Waals surface area contributed by atoms with Crippen LogP contribution in [0.4, 0.5) is 0 Å². The summed E-state index contributed by atoms with van der Waals surface area (Å²) in [4.78, 5) is 34.3. The Morgan fingerprint density at radius 1 is 0.810 bits per heavy atom. The van der Waals surface area contributed by atoms with Crippen molar-refractivity contribution in [1.82, 2.24) is 0 Å². The van der Waals surface area contributed by atoms with Gasteiger partial charge in [-0.05, 0) is 24.3 Å². The third-order valence-corrected chi connectivity index (χ3v) is 3.18. The Morgan fingerprint density at radius 2 is 1.43 bits per heavy atom. The number of halogens is 1. The van der Waals surface area contributed by atoms with E-state index in [2.05, 4.69) is 0 Å². The monoisotopic (exact) mass is 304 g/mol. The Bertz CT molecular complexity index is 751. The number of aromatic carboxylic acids is 2. The molecule has 2 rings (SSSR count). The fourth-order valence-electron chi connectivity index (χ4n) is 1.84. The molecule has 0 heterocycles. The third-order valence-electron chi connectivity index (χ3n) is 2.86. The van der Waals surface area contributed by atoms with E-state index in [4.69, 9.17) is 21.8 Å². The number of carboxylic acids is 2. The van der Waals surface area contributed by atoms with Crippen LogP contribution in [0.5, 0.6) is 0 Å². The third kappa shape index (κ3) is 2.93. The van der Waals surface area contributed by atoms with Gasteiger partial charge in [-0.15, -0.1) is 0 Å². The quantitative estimate of drug-likeness (QED) is 0.847. The van der Waals surface area contributed by atoms with Gasteiger partial charge in [0, 0.05) is 11.1 Å². The number of carbonyl (C=O) groups excluding carboxylic acids is 1. The highest BCUT2D eigenvalue weighted by Crippen LogP contribution is 2.23. The maximum absolute atomic E-state index is 12.4. The Morgan fingerprint density at radius 3 is 1.95 bits per heavy atom. The molecule has 2 aromatic rings. The van der Waals surface area contributed by atoms with Crippen molar-refractivity contribution >= 4 is 29.3 Å². The number of ketones is 1. The maximum atomic E-state index is 12.4. The van der Waals surface area contributed by atoms with Gasteiger partial charge in [0.05, 0.1) is 16.1 Å². The van der Waals surface area contributed by atoms with Crippen molar-refractivity contribution in [1.29, 1.82) is 0 Å². The Hall–Kier alpha value is -2.66. The van der Waals surface area contributed by atoms with Gasteiger partial charge in [-0.1, -0.05) is 29.8 Å². The van der Waals surface area contributed by atoms with Crippen molar-refractivity contribution < 1.29 is 24.6 Å². The lowest BCUT2D eigenvalue weighted by Gasteiger charge is -2.07. The largest absolute Gasteiger partial charge is 0.478 e. The van der Waals surface area contributed by atoms with Crippen molar-refractivity contribution in [2.45, 2.75) is 0 Å². The second-order valence-electron chi connectivity index (χ2n) is 4.18. The van der Waals surface area contributed by atoms with Gasteiger partial charge in [-0.2, -0.15) is 0 Å². The molecule has 0 aromatic heterocycles. The van der Waals surface area contributed by atoms with Crippen LogP contribution in [-0.4, -0.2) is 27.9 Å². The van der Waals surface area contributed by atoms with Crippen LogP contribution in [0.3, 0.4) is 0 Å². The molecule has 0 aliphatic heterocycles. The molecule has 0 radical (unpaired) electrons. The highest BCUT2D eigenvalue weighted by atomic mass is 35.5. The summed E-state index contributed by atoms with van der Waals surface area (Å²) < 4.78 is 0. The molecule has 0 saturated carbocycles. The highest BCUT2D eigenvalue weighted by Gasteiger charge is 2.20. The van der Waals surface area contributed by atoms with Gasteiger partial charge in [-0.25, -0.2) is 9.59 Å². The lowest BCUT2D eigenvalue weighted by atomic mass is 9.97. The summed E-state index contributed by atoms with van der Waals surface area (Å²) >= 11 is 5.92. The van der Waals surface area contributed by atoms with Crippen molar-refractivity contribution in [3.05, 3.63) is 69.7 Å². The van der Waals surface area contributed by atoms with Gasteiger partial charge in [-0.3, -0.25) is 4.79 Å². The minimum absolute atomic E-state index is 0.00465. The predicted octanol–water partition coefficient (Wildman–Crippen LogP) is 2.97. The molecule has 6 heteroatoms. The molecule has 0 saturated heterocycles. The van der Waals surface area contributed by atoms with E-state index in [9.17, 15) is 14.4 Å². The van der Waals surface area contributed by atoms with Gasteiger partial charge >= 0.3 is 11.9 Å². The summed E-state index contributed by atoms with van der Waals surface area (Å²) in [5.74, 6) is -2.96. The molecule has 0 atom stereocenters. The molecule has 0 aliphatic rings. The van der Waals surface area contributed by atoms with E-state index >= 15 is 0 Å². The molecule has 0 fully saturated rings. The molecular formula is C15H9ClO5. The van der Waals surface area contributed by atoms with Crippen LogP contribution in [0.1, 0.15) is 36.6 Å². The number of hydrogen-bond donors (Lipinski definition) is 2. The molecule has 0 aliphatic carbocycles. The first kappa shape index (κ1) is 14.7. The van der Waals surface area contributed by atoms with Gasteiger partial charge in [0.1, 0.15) is 0 Å². The van der Waals surface area contributed by atoms with E-state index in [0.29, 0.717) is 0 Å². The number of carboxylic acid groups (broad SMARTS) is 2. The highest BCUT2D eigenvalue weighted by molar-refractivity contribution is 6.35. The molecule has 21 heavy (non-hydrogen) atoms. The standard InChI is InChI=1S/C15H9ClO5/c16-12-7-8(14(18)19)5-6-11(12)13(17)9-3-1-2-4-10(9)15(20)21/h1-7H,(H,18,19)(H,20,21). The molecule has 2 N–H and O–H groups in total. The molecule has 2 aromatic carbocycles. The second-order valence-corrected chi connectivity index (χ2v) is 4.59. The van der Waals surface area contributed by atoms with Gasteiger partial charge < -0.3 is 10.2 Å². The molecule has 0 bridgehead atoms. The Kier molecular flexibility index (Phi) is 4.05. The molecule has 0 amide bonds. The minimum Gasteiger partial charge on any atom is -0.478 e. The first-order valence-corrected chi connectivity index (χ1v) is 6.19. The van der Waals surface area contributed by atoms with E-state index in [-0.39, 0.29) is 27.3 Å². The topological polar surface area (TPSA) is 91.7 Å². The SMILES string of the molecule is O=C(O)c1ccc(C(=O)c2ccccc2C(=O)O)c(Cl)c1. The molecule has 5 nitrogen and oxygen atoms in total. The fraction of sp³-hybridized carbons (Fsp3) is 0. The van der Waals surface area contributed by atoms with Crippen LogP contribution in [0.15, 0.2) is 42.5 Å². The van der Waals surface area contributed by atoms with Crippen molar-refractivity contribution in [2.24, 2.45) is 0 Å². The maximum Gasteiger partial charge on any atom is 0.336 e. The van der Waals surface area contributed by atoms with Crippen LogP contribution in [0, 0.1) is 0 Å². The molecule has 106 valence electrons. The van der Waals surface area contributed by atoms with Crippen molar-refractivity contribution in [2.75, 3.05) is 0 Å². The summed E-state index contributed by atoms with van der Waals surface area (Å²) in [7, 11) is 0. The zero-order valence-electron chi connectivity index (χ0n) is 10.5. The first-order valence-electron chi connectivity index (χ1n) is 5.81.